The molecule has 3 N–H and O–H groups in total. The molecule has 0 aliphatic carbocycles. The van der Waals surface area contributed by atoms with E-state index in [1.807, 2.05) is 12.1 Å². The first-order valence-corrected chi connectivity index (χ1v) is 17.6. The number of fused-ring (bicyclic) bond motifs is 1. The number of carbonyl (C=O) groups excluding carboxylic acids is 4. The number of benzene rings is 1. The molecule has 280 valence electrons. The molecule has 2 fully saturated rings. The lowest BCUT2D eigenvalue weighted by Gasteiger charge is -2.47. The second-order valence-electron chi connectivity index (χ2n) is 13.2. The van der Waals surface area contributed by atoms with Crippen LogP contribution in [0.2, 0.25) is 0 Å². The molecule has 0 bridgehead atoms. The second-order valence-corrected chi connectivity index (χ2v) is 13.2. The molecule has 15 nitrogen and oxygen atoms in total. The molecule has 3 aliphatic rings. The highest BCUT2D eigenvalue weighted by Crippen LogP contribution is 2.41. The summed E-state index contributed by atoms with van der Waals surface area (Å²) in [5, 5.41) is 8.25. The molecule has 2 saturated heterocycles. The first-order valence-electron chi connectivity index (χ1n) is 17.6. The van der Waals surface area contributed by atoms with Gasteiger partial charge >= 0.3 is 18.2 Å². The van der Waals surface area contributed by atoms with Gasteiger partial charge in [0.1, 0.15) is 18.8 Å². The molecule has 0 radical (unpaired) electrons. The molecular weight excluding hydrogens is 654 g/mol. The summed E-state index contributed by atoms with van der Waals surface area (Å²) in [4.78, 5) is 50.8. The Bertz CT molecular complexity index is 1280. The van der Waals surface area contributed by atoms with Gasteiger partial charge in [-0.2, -0.15) is 0 Å². The molecule has 50 heavy (non-hydrogen) atoms. The maximum Gasteiger partial charge on any atom is 0.407 e. The highest BCUT2D eigenvalue weighted by Gasteiger charge is 2.47. The third-order valence-electron chi connectivity index (χ3n) is 8.69. The first kappa shape index (κ1) is 39.0. The van der Waals surface area contributed by atoms with Gasteiger partial charge in [-0.15, -0.1) is 0 Å². The third-order valence-corrected chi connectivity index (χ3v) is 8.69. The summed E-state index contributed by atoms with van der Waals surface area (Å²) >= 11 is 0. The van der Waals surface area contributed by atoms with Crippen LogP contribution in [-0.4, -0.2) is 94.5 Å². The lowest BCUT2D eigenvalue weighted by Crippen LogP contribution is -2.54. The van der Waals surface area contributed by atoms with E-state index in [0.717, 1.165) is 18.4 Å². The molecule has 5 atom stereocenters. The van der Waals surface area contributed by atoms with E-state index in [-0.39, 0.29) is 45.3 Å². The number of alkyl carbamates (subject to hydrolysis) is 2. The Morgan fingerprint density at radius 3 is 2.62 bits per heavy atom. The smallest absolute Gasteiger partial charge is 0.407 e. The summed E-state index contributed by atoms with van der Waals surface area (Å²) in [6.07, 6.45) is 1.38. The summed E-state index contributed by atoms with van der Waals surface area (Å²) in [6.45, 7) is 7.04. The fraction of sp³-hybridized carbons (Fsp3) is 0.714. The van der Waals surface area contributed by atoms with Crippen LogP contribution in [0.5, 0.6) is 11.5 Å². The topological polar surface area (TPSA) is 178 Å². The Hall–Kier alpha value is -3.82. The van der Waals surface area contributed by atoms with Gasteiger partial charge in [-0.05, 0) is 51.0 Å². The number of para-hydroxylation sites is 1. The van der Waals surface area contributed by atoms with E-state index in [1.54, 1.807) is 20.1 Å². The fourth-order valence-corrected chi connectivity index (χ4v) is 6.28. The zero-order valence-corrected chi connectivity index (χ0v) is 29.6. The molecule has 1 aromatic carbocycles. The lowest BCUT2D eigenvalue weighted by molar-refractivity contribution is -0.329. The van der Waals surface area contributed by atoms with Crippen LogP contribution in [0.25, 0.3) is 0 Å². The quantitative estimate of drug-likeness (QED) is 0.120. The van der Waals surface area contributed by atoms with Gasteiger partial charge in [-0.25, -0.2) is 14.4 Å². The molecular formula is C35H53N3O12. The van der Waals surface area contributed by atoms with Crippen LogP contribution in [0, 0.1) is 5.92 Å². The SMILES string of the molecule is CCOC(=O)[C@H](CCC(C)C)NC(=O)CC[C@@H]1C[C@@H](OC(=O)NCc2cccc3c2OCO3)C[C@@]2(CCC[C@H](COC(=O)NCCOC)O2)O1. The minimum absolute atomic E-state index is 0.0157. The molecule has 0 aromatic heterocycles. The number of rotatable bonds is 17. The summed E-state index contributed by atoms with van der Waals surface area (Å²) in [5.74, 6) is -0.312. The molecule has 3 aliphatic heterocycles. The van der Waals surface area contributed by atoms with E-state index < -0.39 is 48.3 Å². The monoisotopic (exact) mass is 707 g/mol. The van der Waals surface area contributed by atoms with E-state index in [0.29, 0.717) is 62.7 Å². The maximum atomic E-state index is 13.1. The standard InChI is InChI=1S/C35H53N3O12/c1-5-44-32(40)28(13-11-23(2)3)38-30(39)14-12-25-18-27(48-34(42)37-20-24-8-6-10-29-31(24)47-22-46-29)19-35(49-25)15-7-9-26(50-35)21-45-33(41)36-16-17-43-4/h6,8,10,23,25-28H,5,7,9,11-22H2,1-4H3,(H,36,41)(H,37,42)(H,38,39)/t25-,26-,27-,28+,35+/m1/s1. The number of amides is 3. The van der Waals surface area contributed by atoms with Crippen molar-refractivity contribution >= 4 is 24.1 Å². The molecule has 3 heterocycles. The van der Waals surface area contributed by atoms with Gasteiger partial charge in [-0.3, -0.25) is 4.79 Å². The molecule has 0 saturated carbocycles. The highest BCUT2D eigenvalue weighted by molar-refractivity contribution is 5.84. The molecule has 15 heteroatoms. The molecule has 4 rings (SSSR count). The normalized spacial score (nSPS) is 23.2. The zero-order valence-electron chi connectivity index (χ0n) is 29.6. The largest absolute Gasteiger partial charge is 0.464 e. The van der Waals surface area contributed by atoms with Crippen LogP contribution >= 0.6 is 0 Å². The van der Waals surface area contributed by atoms with Crippen LogP contribution in [0.1, 0.15) is 84.1 Å². The van der Waals surface area contributed by atoms with Gasteiger partial charge in [0.2, 0.25) is 12.7 Å². The van der Waals surface area contributed by atoms with Crippen molar-refractivity contribution in [2.24, 2.45) is 5.92 Å². The van der Waals surface area contributed by atoms with Crippen molar-refractivity contribution in [1.82, 2.24) is 16.0 Å². The Kier molecular flexibility index (Phi) is 15.2. The van der Waals surface area contributed by atoms with Crippen LogP contribution < -0.4 is 25.4 Å². The van der Waals surface area contributed by atoms with Crippen LogP contribution in [0.3, 0.4) is 0 Å². The Morgan fingerprint density at radius 2 is 1.84 bits per heavy atom. The Labute approximate surface area is 293 Å². The second kappa shape index (κ2) is 19.5. The van der Waals surface area contributed by atoms with Gasteiger partial charge in [0.25, 0.3) is 0 Å². The Balaban J connectivity index is 1.38. The van der Waals surface area contributed by atoms with E-state index in [1.165, 1.54) is 0 Å². The van der Waals surface area contributed by atoms with E-state index in [2.05, 4.69) is 29.8 Å². The Morgan fingerprint density at radius 1 is 1.02 bits per heavy atom. The van der Waals surface area contributed by atoms with E-state index in [9.17, 15) is 19.2 Å². The summed E-state index contributed by atoms with van der Waals surface area (Å²) in [5.41, 5.74) is 0.753. The summed E-state index contributed by atoms with van der Waals surface area (Å²) < 4.78 is 45.4. The number of hydrogen-bond donors (Lipinski definition) is 3. The van der Waals surface area contributed by atoms with Crippen LogP contribution in [0.15, 0.2) is 18.2 Å². The van der Waals surface area contributed by atoms with Crippen molar-refractivity contribution < 1.29 is 57.1 Å². The summed E-state index contributed by atoms with van der Waals surface area (Å²) in [6, 6.07) is 4.72. The van der Waals surface area contributed by atoms with Gasteiger partial charge in [0.05, 0.1) is 25.4 Å². The predicted octanol–water partition coefficient (Wildman–Crippen LogP) is 4.09. The molecule has 1 spiro atoms. The number of carbonyl (C=O) groups is 4. The van der Waals surface area contributed by atoms with Gasteiger partial charge < -0.3 is 53.8 Å². The predicted molar refractivity (Wildman–Crippen MR) is 178 cm³/mol. The summed E-state index contributed by atoms with van der Waals surface area (Å²) in [7, 11) is 1.54. The van der Waals surface area contributed by atoms with Crippen molar-refractivity contribution in [3.05, 3.63) is 23.8 Å². The first-order chi connectivity index (χ1) is 24.1. The van der Waals surface area contributed by atoms with E-state index in [4.69, 9.17) is 37.9 Å². The maximum absolute atomic E-state index is 13.1. The van der Waals surface area contributed by atoms with Crippen molar-refractivity contribution in [2.45, 2.75) is 115 Å². The van der Waals surface area contributed by atoms with Crippen molar-refractivity contribution in [1.29, 1.82) is 0 Å². The third kappa shape index (κ3) is 12.2. The number of methoxy groups -OCH3 is 1. The number of esters is 1. The van der Waals surface area contributed by atoms with Crippen molar-refractivity contribution in [3.8, 4) is 11.5 Å². The van der Waals surface area contributed by atoms with Crippen LogP contribution in [0.4, 0.5) is 9.59 Å². The van der Waals surface area contributed by atoms with Crippen LogP contribution in [-0.2, 0) is 44.6 Å². The van der Waals surface area contributed by atoms with Gasteiger partial charge in [0.15, 0.2) is 17.3 Å². The van der Waals surface area contributed by atoms with E-state index >= 15 is 0 Å². The van der Waals surface area contributed by atoms with Crippen molar-refractivity contribution in [2.75, 3.05) is 40.3 Å². The molecule has 3 amide bonds. The molecule has 0 unspecified atom stereocenters. The number of ether oxygens (including phenoxy) is 8. The van der Waals surface area contributed by atoms with Gasteiger partial charge in [-0.1, -0.05) is 26.0 Å². The fourth-order valence-electron chi connectivity index (χ4n) is 6.28. The molecule has 1 aromatic rings. The average Bonchev–Trinajstić information content (AvgIpc) is 3.57. The van der Waals surface area contributed by atoms with Crippen molar-refractivity contribution in [3.63, 3.8) is 0 Å². The minimum atomic E-state index is -1.11. The number of nitrogens with one attached hydrogen (secondary N) is 3. The lowest BCUT2D eigenvalue weighted by atomic mass is 9.90. The number of hydrogen-bond acceptors (Lipinski definition) is 12. The van der Waals surface area contributed by atoms with Gasteiger partial charge in [0, 0.05) is 51.4 Å². The minimum Gasteiger partial charge on any atom is -0.464 e. The average molecular weight is 708 g/mol. The zero-order chi connectivity index (χ0) is 35.9. The highest BCUT2D eigenvalue weighted by atomic mass is 16.7.